The lowest BCUT2D eigenvalue weighted by Crippen LogP contribution is -2.51. The van der Waals surface area contributed by atoms with Gasteiger partial charge in [0.25, 0.3) is 0 Å². The predicted octanol–water partition coefficient (Wildman–Crippen LogP) is 2.14. The average Bonchev–Trinajstić information content (AvgIpc) is 3.10. The number of rotatable bonds is 6. The van der Waals surface area contributed by atoms with Crippen molar-refractivity contribution in [2.45, 2.75) is 22.7 Å². The summed E-state index contributed by atoms with van der Waals surface area (Å²) in [6.07, 6.45) is 0.404. The van der Waals surface area contributed by atoms with Crippen molar-refractivity contribution >= 4 is 45.2 Å². The summed E-state index contributed by atoms with van der Waals surface area (Å²) in [6, 6.07) is 7.82. The summed E-state index contributed by atoms with van der Waals surface area (Å²) >= 11 is 2.91. The van der Waals surface area contributed by atoms with E-state index in [1.165, 1.54) is 11.8 Å². The largest absolute Gasteiger partial charge is 0.481 e. The molecule has 1 aliphatic rings. The Balaban J connectivity index is 1.59. The Morgan fingerprint density at radius 2 is 2.26 bits per heavy atom. The second-order valence-corrected chi connectivity index (χ2v) is 7.69. The van der Waals surface area contributed by atoms with Crippen LogP contribution in [0.4, 0.5) is 0 Å². The minimum absolute atomic E-state index is 0.120. The molecule has 3 rings (SSSR count). The van der Waals surface area contributed by atoms with Crippen LogP contribution in [-0.4, -0.2) is 46.5 Å². The summed E-state index contributed by atoms with van der Waals surface area (Å²) in [7, 11) is 0. The third-order valence-corrected chi connectivity index (χ3v) is 5.78. The van der Waals surface area contributed by atoms with Crippen LogP contribution in [0.3, 0.4) is 0 Å². The highest BCUT2D eigenvalue weighted by Gasteiger charge is 2.38. The molecule has 0 spiro atoms. The van der Waals surface area contributed by atoms with Crippen molar-refractivity contribution in [1.29, 1.82) is 0 Å². The molecule has 1 amide bonds. The van der Waals surface area contributed by atoms with Gasteiger partial charge in [-0.25, -0.2) is 4.98 Å². The minimum Gasteiger partial charge on any atom is -0.481 e. The van der Waals surface area contributed by atoms with E-state index in [1.807, 2.05) is 24.3 Å². The third kappa shape index (κ3) is 4.01. The van der Waals surface area contributed by atoms with Gasteiger partial charge in [-0.05, 0) is 18.6 Å². The van der Waals surface area contributed by atoms with E-state index < -0.39 is 11.5 Å². The summed E-state index contributed by atoms with van der Waals surface area (Å²) in [6.45, 7) is 0.718. The number of carboxylic acids is 1. The van der Waals surface area contributed by atoms with Gasteiger partial charge in [0.05, 0.1) is 34.5 Å². The zero-order valence-electron chi connectivity index (χ0n) is 12.3. The maximum Gasteiger partial charge on any atom is 0.305 e. The molecular weight excluding hydrogens is 336 g/mol. The predicted molar refractivity (Wildman–Crippen MR) is 88.9 cm³/mol. The number of nitrogens with zero attached hydrogens (tertiary/aromatic N) is 1. The second kappa shape index (κ2) is 6.86. The smallest absolute Gasteiger partial charge is 0.305 e. The fraction of sp³-hybridized carbons (Fsp3) is 0.400. The number of nitrogens with one attached hydrogen (secondary N) is 1. The van der Waals surface area contributed by atoms with Crippen LogP contribution in [0.1, 0.15) is 12.8 Å². The summed E-state index contributed by atoms with van der Waals surface area (Å²) in [5.74, 6) is -0.920. The van der Waals surface area contributed by atoms with Crippen LogP contribution in [0.25, 0.3) is 10.2 Å². The molecule has 1 aliphatic heterocycles. The zero-order chi connectivity index (χ0) is 16.3. The number of thioether (sulfide) groups is 1. The first-order valence-electron chi connectivity index (χ1n) is 7.15. The number of fused-ring (bicyclic) bond motifs is 1. The number of carbonyl (C=O) groups excluding carboxylic acids is 1. The number of ether oxygens (including phenoxy) is 1. The molecule has 1 aromatic carbocycles. The lowest BCUT2D eigenvalue weighted by molar-refractivity contribution is -0.139. The van der Waals surface area contributed by atoms with E-state index in [4.69, 9.17) is 9.84 Å². The van der Waals surface area contributed by atoms with Gasteiger partial charge >= 0.3 is 5.97 Å². The highest BCUT2D eigenvalue weighted by molar-refractivity contribution is 8.01. The van der Waals surface area contributed by atoms with Crippen LogP contribution < -0.4 is 5.32 Å². The summed E-state index contributed by atoms with van der Waals surface area (Å²) < 4.78 is 7.18. The van der Waals surface area contributed by atoms with E-state index in [2.05, 4.69) is 10.3 Å². The van der Waals surface area contributed by atoms with Crippen molar-refractivity contribution in [3.8, 4) is 0 Å². The molecule has 2 N–H and O–H groups in total. The number of hydrogen-bond acceptors (Lipinski definition) is 6. The van der Waals surface area contributed by atoms with Crippen LogP contribution >= 0.6 is 23.1 Å². The number of benzene rings is 1. The SMILES string of the molecule is O=C(O)CC1(NC(=O)CSc2nc3ccccc3s2)CCOC1. The normalized spacial score (nSPS) is 20.7. The number of hydrogen-bond donors (Lipinski definition) is 2. The maximum atomic E-state index is 12.2. The van der Waals surface area contributed by atoms with E-state index >= 15 is 0 Å². The molecule has 6 nitrogen and oxygen atoms in total. The Hall–Kier alpha value is -1.64. The van der Waals surface area contributed by atoms with Gasteiger partial charge in [0.2, 0.25) is 5.91 Å². The van der Waals surface area contributed by atoms with Gasteiger partial charge in [-0.15, -0.1) is 11.3 Å². The molecular formula is C15H16N2O4S2. The Labute approximate surface area is 141 Å². The molecule has 1 fully saturated rings. The van der Waals surface area contributed by atoms with Crippen molar-refractivity contribution in [3.05, 3.63) is 24.3 Å². The van der Waals surface area contributed by atoms with E-state index in [-0.39, 0.29) is 24.7 Å². The molecule has 8 heteroatoms. The van der Waals surface area contributed by atoms with Gasteiger partial charge in [-0.3, -0.25) is 9.59 Å². The van der Waals surface area contributed by atoms with Crippen LogP contribution in [0.5, 0.6) is 0 Å². The summed E-state index contributed by atoms with van der Waals surface area (Å²) in [5, 5.41) is 11.9. The maximum absolute atomic E-state index is 12.2. The van der Waals surface area contributed by atoms with Crippen molar-refractivity contribution in [2.24, 2.45) is 0 Å². The first-order chi connectivity index (χ1) is 11.1. The Morgan fingerprint density at radius 3 is 2.96 bits per heavy atom. The van der Waals surface area contributed by atoms with Crippen molar-refractivity contribution in [2.75, 3.05) is 19.0 Å². The third-order valence-electron chi connectivity index (χ3n) is 3.60. The standard InChI is InChI=1S/C15H16N2O4S2/c18-12(17-15(7-13(19)20)5-6-21-9-15)8-22-14-16-10-3-1-2-4-11(10)23-14/h1-4H,5-9H2,(H,17,18)(H,19,20). The van der Waals surface area contributed by atoms with E-state index in [9.17, 15) is 9.59 Å². The number of carboxylic acid groups (broad SMARTS) is 1. The molecule has 0 radical (unpaired) electrons. The van der Waals surface area contributed by atoms with Crippen LogP contribution in [0.15, 0.2) is 28.6 Å². The fourth-order valence-corrected chi connectivity index (χ4v) is 4.42. The number of para-hydroxylation sites is 1. The van der Waals surface area contributed by atoms with E-state index in [0.29, 0.717) is 13.0 Å². The lowest BCUT2D eigenvalue weighted by Gasteiger charge is -2.26. The van der Waals surface area contributed by atoms with Gasteiger partial charge in [0.1, 0.15) is 0 Å². The van der Waals surface area contributed by atoms with Crippen molar-refractivity contribution in [3.63, 3.8) is 0 Å². The summed E-state index contributed by atoms with van der Waals surface area (Å²) in [5.41, 5.74) is 0.142. The lowest BCUT2D eigenvalue weighted by atomic mass is 9.94. The van der Waals surface area contributed by atoms with Crippen LogP contribution in [-0.2, 0) is 14.3 Å². The Kier molecular flexibility index (Phi) is 4.84. The number of aliphatic carboxylic acids is 1. The molecule has 0 saturated carbocycles. The van der Waals surface area contributed by atoms with Gasteiger partial charge < -0.3 is 15.2 Å². The van der Waals surface area contributed by atoms with Crippen LogP contribution in [0, 0.1) is 0 Å². The average molecular weight is 352 g/mol. The first kappa shape index (κ1) is 16.2. The molecule has 122 valence electrons. The Bertz CT molecular complexity index is 692. The molecule has 1 atom stereocenters. The molecule has 1 saturated heterocycles. The summed E-state index contributed by atoms with van der Waals surface area (Å²) in [4.78, 5) is 27.6. The van der Waals surface area contributed by atoms with Gasteiger partial charge in [-0.1, -0.05) is 23.9 Å². The number of amides is 1. The molecule has 23 heavy (non-hydrogen) atoms. The monoisotopic (exact) mass is 352 g/mol. The zero-order valence-corrected chi connectivity index (χ0v) is 13.9. The number of thiazole rings is 1. The highest BCUT2D eigenvalue weighted by atomic mass is 32.2. The number of aromatic nitrogens is 1. The van der Waals surface area contributed by atoms with Gasteiger partial charge in [0, 0.05) is 6.61 Å². The van der Waals surface area contributed by atoms with E-state index in [1.54, 1.807) is 11.3 Å². The molecule has 1 unspecified atom stereocenters. The first-order valence-corrected chi connectivity index (χ1v) is 8.95. The molecule has 0 aliphatic carbocycles. The molecule has 2 heterocycles. The Morgan fingerprint density at radius 1 is 1.43 bits per heavy atom. The van der Waals surface area contributed by atoms with Gasteiger partial charge in [-0.2, -0.15) is 0 Å². The van der Waals surface area contributed by atoms with Crippen molar-refractivity contribution in [1.82, 2.24) is 10.3 Å². The molecule has 2 aromatic rings. The number of carbonyl (C=O) groups is 2. The quantitative estimate of drug-likeness (QED) is 0.775. The fourth-order valence-electron chi connectivity index (χ4n) is 2.55. The van der Waals surface area contributed by atoms with Crippen molar-refractivity contribution < 1.29 is 19.4 Å². The second-order valence-electron chi connectivity index (χ2n) is 5.44. The topological polar surface area (TPSA) is 88.5 Å². The highest BCUT2D eigenvalue weighted by Crippen LogP contribution is 2.29. The molecule has 1 aromatic heterocycles. The molecule has 0 bridgehead atoms. The minimum atomic E-state index is -0.936. The van der Waals surface area contributed by atoms with Crippen LogP contribution in [0.2, 0.25) is 0 Å². The van der Waals surface area contributed by atoms with E-state index in [0.717, 1.165) is 14.6 Å². The van der Waals surface area contributed by atoms with Gasteiger partial charge in [0.15, 0.2) is 4.34 Å².